The molecule has 0 amide bonds. The van der Waals surface area contributed by atoms with Crippen molar-refractivity contribution in [3.8, 4) is 0 Å². The maximum atomic E-state index is 11.0. The monoisotopic (exact) mass is 1140 g/mol. The first kappa shape index (κ1) is 50.1. The summed E-state index contributed by atoms with van der Waals surface area (Å²) in [6, 6.07) is 21.3. The molecule has 26 heteroatoms. The molecule has 288 valence electrons. The summed E-state index contributed by atoms with van der Waals surface area (Å²) in [5.74, 6) is 0. The fourth-order valence-corrected chi connectivity index (χ4v) is 9.22. The van der Waals surface area contributed by atoms with Gasteiger partial charge in [-0.15, -0.1) is 0 Å². The van der Waals surface area contributed by atoms with Crippen molar-refractivity contribution >= 4 is 93.0 Å². The van der Waals surface area contributed by atoms with E-state index in [-0.39, 0.29) is 104 Å². The van der Waals surface area contributed by atoms with Crippen LogP contribution in [0, 0.1) is 71.2 Å². The SMILES string of the molecule is O=S(=O)([O-])c1cccc2c(S(=O)(=O)[O-])cccc12.O=S(=O)([O-])c1cccc2c(S(=O)(=O)[O-])cccc12.O=S(=O)([O-])c1cccc2c(S(=O)(=O)[O-])cccc12.[La+3].[La+3]. The van der Waals surface area contributed by atoms with E-state index in [0.717, 1.165) is 36.4 Å². The summed E-state index contributed by atoms with van der Waals surface area (Å²) < 4.78 is 198. The second kappa shape index (κ2) is 18.5. The van der Waals surface area contributed by atoms with E-state index in [1.54, 1.807) is 0 Å². The molecule has 6 rings (SSSR count). The average Bonchev–Trinajstić information content (AvgIpc) is 3.04. The van der Waals surface area contributed by atoms with Crippen LogP contribution in [0.15, 0.2) is 139 Å². The third-order valence-electron chi connectivity index (χ3n) is 7.14. The Morgan fingerprint density at radius 1 is 0.232 bits per heavy atom. The zero-order valence-electron chi connectivity index (χ0n) is 27.3. The molecule has 0 atom stereocenters. The second-order valence-electron chi connectivity index (χ2n) is 10.5. The molecule has 6 aromatic carbocycles. The van der Waals surface area contributed by atoms with Gasteiger partial charge in [-0.2, -0.15) is 0 Å². The van der Waals surface area contributed by atoms with Crippen LogP contribution < -0.4 is 0 Å². The summed E-state index contributed by atoms with van der Waals surface area (Å²) in [5.41, 5.74) is 0. The molecule has 0 saturated heterocycles. The van der Waals surface area contributed by atoms with Gasteiger partial charge in [0.15, 0.2) is 0 Å². The van der Waals surface area contributed by atoms with Gasteiger partial charge in [0.1, 0.15) is 60.7 Å². The number of hydrogen-bond acceptors (Lipinski definition) is 18. The van der Waals surface area contributed by atoms with Crippen molar-refractivity contribution in [1.82, 2.24) is 0 Å². The molecule has 0 aliphatic heterocycles. The summed E-state index contributed by atoms with van der Waals surface area (Å²) >= 11 is 0. The molecule has 0 unspecified atom stereocenters. The molecule has 6 aromatic rings. The molecule has 0 saturated carbocycles. The van der Waals surface area contributed by atoms with Gasteiger partial charge < -0.3 is 27.3 Å². The largest absolute Gasteiger partial charge is 3.00 e. The molecule has 0 radical (unpaired) electrons. The minimum absolute atomic E-state index is 0. The van der Waals surface area contributed by atoms with Gasteiger partial charge in [-0.1, -0.05) is 72.8 Å². The molecular weight excluding hydrogens is 1120 g/mol. The van der Waals surface area contributed by atoms with E-state index in [0.29, 0.717) is 0 Å². The predicted molar refractivity (Wildman–Crippen MR) is 180 cm³/mol. The van der Waals surface area contributed by atoms with Gasteiger partial charge in [-0.3, -0.25) is 0 Å². The van der Waals surface area contributed by atoms with Gasteiger partial charge in [-0.25, -0.2) is 50.5 Å². The fraction of sp³-hybridized carbons (Fsp3) is 0. The number of benzene rings is 6. The Morgan fingerprint density at radius 2 is 0.339 bits per heavy atom. The Bertz CT molecular complexity index is 2600. The maximum absolute atomic E-state index is 11.0. The van der Waals surface area contributed by atoms with Crippen LogP contribution in [0.2, 0.25) is 0 Å². The number of fused-ring (bicyclic) bond motifs is 3. The zero-order chi connectivity index (χ0) is 40.7. The van der Waals surface area contributed by atoms with Crippen LogP contribution in [0.1, 0.15) is 0 Å². The molecule has 0 N–H and O–H groups in total. The molecule has 0 bridgehead atoms. The van der Waals surface area contributed by atoms with E-state index in [9.17, 15) is 77.8 Å². The van der Waals surface area contributed by atoms with Crippen molar-refractivity contribution in [2.75, 3.05) is 0 Å². The van der Waals surface area contributed by atoms with Crippen LogP contribution in [0.3, 0.4) is 0 Å². The summed E-state index contributed by atoms with van der Waals surface area (Å²) in [5, 5.41) is -0.475. The Labute approximate surface area is 376 Å². The minimum atomic E-state index is -4.74. The third-order valence-corrected chi connectivity index (χ3v) is 12.5. The average molecular weight is 1140 g/mol. The van der Waals surface area contributed by atoms with Crippen LogP contribution >= 0.6 is 0 Å². The first-order chi connectivity index (χ1) is 24.6. The molecule has 18 nitrogen and oxygen atoms in total. The van der Waals surface area contributed by atoms with Gasteiger partial charge >= 0.3 is 71.2 Å². The fourth-order valence-electron chi connectivity index (χ4n) is 5.06. The summed E-state index contributed by atoms with van der Waals surface area (Å²) in [7, 11) is -28.4. The van der Waals surface area contributed by atoms with Crippen molar-refractivity contribution < 1.29 is 149 Å². The van der Waals surface area contributed by atoms with E-state index in [2.05, 4.69) is 0 Å². The van der Waals surface area contributed by atoms with Crippen LogP contribution in [0.5, 0.6) is 0 Å². The molecule has 0 aliphatic rings. The van der Waals surface area contributed by atoms with Crippen molar-refractivity contribution in [3.05, 3.63) is 109 Å². The maximum Gasteiger partial charge on any atom is 3.00 e. The summed E-state index contributed by atoms with van der Waals surface area (Å²) in [6.07, 6.45) is 0. The van der Waals surface area contributed by atoms with Gasteiger partial charge in [0, 0.05) is 32.3 Å². The molecule has 0 heterocycles. The van der Waals surface area contributed by atoms with Crippen LogP contribution in [0.4, 0.5) is 0 Å². The summed E-state index contributed by atoms with van der Waals surface area (Å²) in [4.78, 5) is -3.30. The van der Waals surface area contributed by atoms with Gasteiger partial charge in [0.25, 0.3) is 0 Å². The Hall–Kier alpha value is -2.05. The first-order valence-electron chi connectivity index (χ1n) is 13.9. The smallest absolute Gasteiger partial charge is 0.744 e. The Morgan fingerprint density at radius 3 is 0.429 bits per heavy atom. The second-order valence-corrected chi connectivity index (χ2v) is 18.6. The van der Waals surface area contributed by atoms with E-state index in [1.165, 1.54) is 72.8 Å². The van der Waals surface area contributed by atoms with E-state index in [4.69, 9.17) is 0 Å². The standard InChI is InChI=1S/3C10H8O6S2.2La/c3*11-17(12,13)9-5-1-3-7-8(9)4-2-6-10(7)18(14,15)16;;/h3*1-6H,(H,11,12,13)(H,14,15,16);;/q;;;2*+3/p-6. The van der Waals surface area contributed by atoms with Crippen LogP contribution in [-0.4, -0.2) is 77.8 Å². The molecule has 0 aliphatic carbocycles. The first-order valence-corrected chi connectivity index (χ1v) is 22.4. The summed E-state index contributed by atoms with van der Waals surface area (Å²) in [6.45, 7) is 0. The van der Waals surface area contributed by atoms with E-state index < -0.39 is 90.1 Å². The molecule has 56 heavy (non-hydrogen) atoms. The Kier molecular flexibility index (Phi) is 16.5. The topological polar surface area (TPSA) is 343 Å². The van der Waals surface area contributed by atoms with Crippen LogP contribution in [0.25, 0.3) is 32.3 Å². The predicted octanol–water partition coefficient (Wildman–Crippen LogP) is 1.94. The van der Waals surface area contributed by atoms with Gasteiger partial charge in [0.05, 0.1) is 29.4 Å². The zero-order valence-corrected chi connectivity index (χ0v) is 39.5. The minimum Gasteiger partial charge on any atom is -0.744 e. The Balaban J connectivity index is 0.000000285. The molecule has 0 aromatic heterocycles. The molecule has 0 spiro atoms. The third kappa shape index (κ3) is 12.0. The molecule has 0 fully saturated rings. The van der Waals surface area contributed by atoms with Crippen molar-refractivity contribution in [2.45, 2.75) is 29.4 Å². The number of rotatable bonds is 6. The van der Waals surface area contributed by atoms with Crippen molar-refractivity contribution in [1.29, 1.82) is 0 Å². The molecular formula is C30H18La2O18S6. The quantitative estimate of drug-likeness (QED) is 0.215. The van der Waals surface area contributed by atoms with Crippen LogP contribution in [-0.2, 0) is 60.7 Å². The van der Waals surface area contributed by atoms with Crippen molar-refractivity contribution in [3.63, 3.8) is 0 Å². The van der Waals surface area contributed by atoms with Crippen molar-refractivity contribution in [2.24, 2.45) is 0 Å². The van der Waals surface area contributed by atoms with E-state index >= 15 is 0 Å². The van der Waals surface area contributed by atoms with E-state index in [1.807, 2.05) is 0 Å². The normalized spacial score (nSPS) is 12.3. The van der Waals surface area contributed by atoms with Gasteiger partial charge in [-0.05, 0) is 36.4 Å². The van der Waals surface area contributed by atoms with Gasteiger partial charge in [0.2, 0.25) is 0 Å². The number of hydrogen-bond donors (Lipinski definition) is 0.